The van der Waals surface area contributed by atoms with Crippen LogP contribution in [0.1, 0.15) is 60.9 Å². The molecule has 204 valence electrons. The van der Waals surface area contributed by atoms with Gasteiger partial charge in [0.25, 0.3) is 0 Å². The first-order chi connectivity index (χ1) is 20.5. The Morgan fingerprint density at radius 1 is 0.762 bits per heavy atom. The van der Waals surface area contributed by atoms with Crippen LogP contribution in [0.15, 0.2) is 139 Å². The van der Waals surface area contributed by atoms with Gasteiger partial charge in [0.05, 0.1) is 0 Å². The molecule has 0 saturated heterocycles. The largest absolute Gasteiger partial charge is 0.359 e. The molecule has 1 heteroatoms. The summed E-state index contributed by atoms with van der Waals surface area (Å²) in [5.74, 6) is 2.59. The van der Waals surface area contributed by atoms with Crippen molar-refractivity contribution in [2.75, 3.05) is 5.32 Å². The highest BCUT2D eigenvalue weighted by Crippen LogP contribution is 2.56. The summed E-state index contributed by atoms with van der Waals surface area (Å²) >= 11 is 0. The summed E-state index contributed by atoms with van der Waals surface area (Å²) < 4.78 is 0. The third-order valence-electron chi connectivity index (χ3n) is 9.48. The molecule has 7 rings (SSSR count). The lowest BCUT2D eigenvalue weighted by molar-refractivity contribution is 0.635. The quantitative estimate of drug-likeness (QED) is 0.189. The van der Waals surface area contributed by atoms with Crippen LogP contribution in [0.4, 0.5) is 5.69 Å². The fourth-order valence-electron chi connectivity index (χ4n) is 7.52. The van der Waals surface area contributed by atoms with Crippen LogP contribution in [0.25, 0.3) is 16.7 Å². The molecule has 4 aromatic carbocycles. The highest BCUT2D eigenvalue weighted by atomic mass is 14.9. The van der Waals surface area contributed by atoms with E-state index in [0.29, 0.717) is 0 Å². The second-order valence-electron chi connectivity index (χ2n) is 12.1. The van der Waals surface area contributed by atoms with Gasteiger partial charge in [0.15, 0.2) is 0 Å². The molecule has 0 saturated carbocycles. The fraction of sp³-hybridized carbons (Fsp3) is 0.171. The first-order valence-corrected chi connectivity index (χ1v) is 14.9. The smallest absolute Gasteiger partial charge is 0.0495 e. The third kappa shape index (κ3) is 4.02. The molecule has 3 aliphatic carbocycles. The zero-order valence-corrected chi connectivity index (χ0v) is 24.3. The van der Waals surface area contributed by atoms with E-state index in [9.17, 15) is 0 Å². The highest BCUT2D eigenvalue weighted by Gasteiger charge is 2.45. The molecule has 1 N–H and O–H groups in total. The number of nitrogens with one attached hydrogen (secondary N) is 1. The fourth-order valence-corrected chi connectivity index (χ4v) is 7.52. The van der Waals surface area contributed by atoms with Crippen LogP contribution in [-0.4, -0.2) is 0 Å². The minimum atomic E-state index is -0.261. The molecule has 42 heavy (non-hydrogen) atoms. The van der Waals surface area contributed by atoms with Crippen LogP contribution >= 0.6 is 0 Å². The van der Waals surface area contributed by atoms with Crippen LogP contribution in [0.5, 0.6) is 0 Å². The third-order valence-corrected chi connectivity index (χ3v) is 9.48. The van der Waals surface area contributed by atoms with Crippen molar-refractivity contribution in [1.82, 2.24) is 0 Å². The van der Waals surface area contributed by atoms with Crippen molar-refractivity contribution in [2.45, 2.75) is 43.9 Å². The summed E-state index contributed by atoms with van der Waals surface area (Å²) in [6.07, 6.45) is 18.8. The van der Waals surface area contributed by atoms with Crippen molar-refractivity contribution in [2.24, 2.45) is 0 Å². The van der Waals surface area contributed by atoms with E-state index in [1.807, 2.05) is 6.08 Å². The van der Waals surface area contributed by atoms with Crippen molar-refractivity contribution in [3.05, 3.63) is 167 Å². The molecule has 0 aliphatic heterocycles. The first kappa shape index (κ1) is 26.1. The lowest BCUT2D eigenvalue weighted by Gasteiger charge is -2.34. The summed E-state index contributed by atoms with van der Waals surface area (Å²) in [7, 11) is 0. The van der Waals surface area contributed by atoms with Gasteiger partial charge in [-0.15, -0.1) is 6.42 Å². The van der Waals surface area contributed by atoms with Gasteiger partial charge in [-0.25, -0.2) is 0 Å². The maximum absolute atomic E-state index is 5.45. The molecule has 0 spiro atoms. The van der Waals surface area contributed by atoms with Gasteiger partial charge < -0.3 is 5.32 Å². The van der Waals surface area contributed by atoms with Crippen LogP contribution < -0.4 is 5.32 Å². The lowest BCUT2D eigenvalue weighted by atomic mass is 9.68. The van der Waals surface area contributed by atoms with Gasteiger partial charge in [-0.2, -0.15) is 0 Å². The Morgan fingerprint density at radius 2 is 1.48 bits per heavy atom. The molecule has 1 nitrogen and oxygen atoms in total. The van der Waals surface area contributed by atoms with Gasteiger partial charge in [0.2, 0.25) is 0 Å². The number of hydrogen-bond donors (Lipinski definition) is 1. The standard InChI is InChI=1S/C41H35N/c1-4-5-6-7-15-26-41(29-16-9-8-10-17-29)37-21-14-12-19-33(37)35-25-23-31(28-39(35)41)42-30-22-24-34-32-18-11-13-20-36(32)40(2,3)38(34)27-30/h1,5-22,24,27-28,42H,23,25-26H2,2-3H3/b6-5-,15-7-. The van der Waals surface area contributed by atoms with E-state index in [1.165, 1.54) is 55.8 Å². The minimum Gasteiger partial charge on any atom is -0.359 e. The van der Waals surface area contributed by atoms with Crippen molar-refractivity contribution in [3.63, 3.8) is 0 Å². The van der Waals surface area contributed by atoms with E-state index in [4.69, 9.17) is 6.42 Å². The predicted molar refractivity (Wildman–Crippen MR) is 177 cm³/mol. The van der Waals surface area contributed by atoms with E-state index in [0.717, 1.165) is 24.9 Å². The summed E-state index contributed by atoms with van der Waals surface area (Å²) in [4.78, 5) is 0. The Kier molecular flexibility index (Phi) is 6.37. The van der Waals surface area contributed by atoms with Gasteiger partial charge in [0.1, 0.15) is 0 Å². The summed E-state index contributed by atoms with van der Waals surface area (Å²) in [6.45, 7) is 4.68. The molecule has 0 fully saturated rings. The average molecular weight is 542 g/mol. The van der Waals surface area contributed by atoms with Crippen molar-refractivity contribution < 1.29 is 0 Å². The van der Waals surface area contributed by atoms with Crippen LogP contribution in [-0.2, 0) is 10.8 Å². The summed E-state index contributed by atoms with van der Waals surface area (Å²) in [6, 6.07) is 35.8. The normalized spacial score (nSPS) is 19.7. The van der Waals surface area contributed by atoms with Crippen molar-refractivity contribution in [1.29, 1.82) is 0 Å². The number of anilines is 1. The van der Waals surface area contributed by atoms with E-state index in [2.05, 4.69) is 140 Å². The molecule has 4 aromatic rings. The zero-order chi connectivity index (χ0) is 28.7. The van der Waals surface area contributed by atoms with E-state index in [-0.39, 0.29) is 10.8 Å². The maximum atomic E-state index is 5.45. The van der Waals surface area contributed by atoms with Gasteiger partial charge in [0, 0.05) is 22.2 Å². The van der Waals surface area contributed by atoms with E-state index < -0.39 is 0 Å². The first-order valence-electron chi connectivity index (χ1n) is 14.9. The minimum absolute atomic E-state index is 0.0178. The maximum Gasteiger partial charge on any atom is 0.0495 e. The van der Waals surface area contributed by atoms with Gasteiger partial charge in [-0.3, -0.25) is 0 Å². The van der Waals surface area contributed by atoms with Gasteiger partial charge >= 0.3 is 0 Å². The summed E-state index contributed by atoms with van der Waals surface area (Å²) in [5.41, 5.74) is 14.6. The Labute approximate surface area is 250 Å². The molecule has 1 unspecified atom stereocenters. The topological polar surface area (TPSA) is 12.0 Å². The van der Waals surface area contributed by atoms with E-state index >= 15 is 0 Å². The average Bonchev–Trinajstić information content (AvgIpc) is 3.43. The molecular formula is C41H35N. The molecule has 0 radical (unpaired) electrons. The number of fused-ring (bicyclic) bond motifs is 5. The molecular weight excluding hydrogens is 506 g/mol. The predicted octanol–water partition coefficient (Wildman–Crippen LogP) is 9.97. The number of benzene rings is 4. The zero-order valence-electron chi connectivity index (χ0n) is 24.3. The Balaban J connectivity index is 1.30. The molecule has 0 heterocycles. The van der Waals surface area contributed by atoms with Crippen LogP contribution in [0.3, 0.4) is 0 Å². The van der Waals surface area contributed by atoms with Crippen molar-refractivity contribution in [3.8, 4) is 23.5 Å². The van der Waals surface area contributed by atoms with E-state index in [1.54, 1.807) is 6.08 Å². The number of hydrogen-bond acceptors (Lipinski definition) is 1. The molecule has 3 aliphatic rings. The van der Waals surface area contributed by atoms with Gasteiger partial charge in [-0.05, 0) is 93.6 Å². The van der Waals surface area contributed by atoms with Crippen molar-refractivity contribution >= 4 is 11.3 Å². The second-order valence-corrected chi connectivity index (χ2v) is 12.1. The number of rotatable bonds is 6. The summed E-state index contributed by atoms with van der Waals surface area (Å²) in [5, 5.41) is 3.86. The Bertz CT molecular complexity index is 1850. The number of allylic oxidation sites excluding steroid dienone is 8. The SMILES string of the molecule is C#C/C=C\C=C/CC1(c2ccccc2)C2=C(CCC(Nc3ccc4c(c3)C(C)(C)c3ccccc3-4)=C2)c2ccccc21. The van der Waals surface area contributed by atoms with Crippen LogP contribution in [0.2, 0.25) is 0 Å². The van der Waals surface area contributed by atoms with Gasteiger partial charge in [-0.1, -0.05) is 123 Å². The lowest BCUT2D eigenvalue weighted by Crippen LogP contribution is -2.28. The molecule has 0 bridgehead atoms. The Hall–Kier alpha value is -4.80. The Morgan fingerprint density at radius 3 is 2.29 bits per heavy atom. The van der Waals surface area contributed by atoms with Crippen LogP contribution in [0, 0.1) is 12.3 Å². The molecule has 0 aromatic heterocycles. The number of terminal acetylenes is 1. The monoisotopic (exact) mass is 541 g/mol. The molecule has 1 atom stereocenters. The highest BCUT2D eigenvalue weighted by molar-refractivity contribution is 5.87. The second kappa shape index (κ2) is 10.2. The molecule has 0 amide bonds.